The molecule has 510 valence electrons. The van der Waals surface area contributed by atoms with Gasteiger partial charge in [0.05, 0.1) is 45.1 Å². The lowest BCUT2D eigenvalue weighted by Crippen LogP contribution is -2.62. The Bertz CT molecular complexity index is 2680. The molecule has 1 aromatic carbocycles. The van der Waals surface area contributed by atoms with Crippen LogP contribution < -0.4 is 81.0 Å². The number of benzene rings is 1. The first-order valence-electron chi connectivity index (χ1n) is 29.0. The number of hydrogen-bond acceptors (Lipinski definition) is 20. The first-order valence-corrected chi connectivity index (χ1v) is 29.0. The van der Waals surface area contributed by atoms with Gasteiger partial charge in [-0.05, 0) is 63.9 Å². The van der Waals surface area contributed by atoms with Crippen molar-refractivity contribution < 1.29 is 97.8 Å². The zero-order chi connectivity index (χ0) is 69.2. The van der Waals surface area contributed by atoms with Gasteiger partial charge in [-0.15, -0.1) is 0 Å². The number of unbranched alkanes of at least 4 members (excludes halogenated alkanes) is 1. The van der Waals surface area contributed by atoms with Crippen molar-refractivity contribution in [3.05, 3.63) is 35.9 Å². The van der Waals surface area contributed by atoms with Crippen molar-refractivity contribution in [2.45, 2.75) is 166 Å². The van der Waals surface area contributed by atoms with E-state index in [2.05, 4.69) is 68.8 Å². The van der Waals surface area contributed by atoms with Crippen LogP contribution in [0.1, 0.15) is 92.6 Å². The van der Waals surface area contributed by atoms with Crippen molar-refractivity contribution in [2.75, 3.05) is 39.5 Å². The maximum absolute atomic E-state index is 14.0. The van der Waals surface area contributed by atoms with Crippen molar-refractivity contribution in [3.8, 4) is 0 Å². The minimum atomic E-state index is -1.98. The van der Waals surface area contributed by atoms with Crippen LogP contribution in [0.4, 0.5) is 0 Å². The minimum Gasteiger partial charge on any atom is -0.481 e. The number of nitrogens with zero attached hydrogens (tertiary/aromatic N) is 1. The number of guanidine groups is 1. The highest BCUT2D eigenvalue weighted by Crippen LogP contribution is 2.11. The Hall–Kier alpha value is -9.13. The van der Waals surface area contributed by atoms with E-state index < -0.39 is 207 Å². The Kier molecular flexibility index (Phi) is 36.2. The van der Waals surface area contributed by atoms with Gasteiger partial charge >= 0.3 is 5.97 Å². The van der Waals surface area contributed by atoms with Crippen LogP contribution in [0.25, 0.3) is 0 Å². The number of carbonyl (C=O) groups excluding carboxylic acids is 13. The van der Waals surface area contributed by atoms with Gasteiger partial charge in [0.2, 0.25) is 76.8 Å². The molecule has 12 atom stereocenters. The SMILES string of the molecule is CC(C)C[C@H](NC(=O)[C@@H](NC(=O)[C@H](Cc1ccccc1)NC(=O)[C@H](CO)NC(=O)CCCCN=C(N)N)[C@@H](C)O)C(=O)N[C@@H](C)C(=O)N[C@@H](CO)C(=O)N[C@@H](CO)C(=O)N[C@@H](CCC(=O)O)C(=O)N[C@H](C(=O)NCC(=O)N[C@H](C(=O)NCC(N)=O)C(C)C)[C@@H](C)O. The summed E-state index contributed by atoms with van der Waals surface area (Å²) in [4.78, 5) is 187. The average Bonchev–Trinajstić information content (AvgIpc) is 2.24. The van der Waals surface area contributed by atoms with Crippen LogP contribution in [-0.2, 0) is 73.5 Å². The molecule has 0 bridgehead atoms. The van der Waals surface area contributed by atoms with Crippen LogP contribution >= 0.6 is 0 Å². The van der Waals surface area contributed by atoms with Gasteiger partial charge in [-0.25, -0.2) is 0 Å². The topological polar surface area (TPSA) is 595 Å². The molecule has 1 aromatic rings. The third kappa shape index (κ3) is 30.8. The summed E-state index contributed by atoms with van der Waals surface area (Å²) in [5, 5.41) is 88.2. The van der Waals surface area contributed by atoms with Crippen molar-refractivity contribution in [1.82, 2.24) is 63.8 Å². The van der Waals surface area contributed by atoms with Gasteiger partial charge in [0.25, 0.3) is 0 Å². The highest BCUT2D eigenvalue weighted by molar-refractivity contribution is 5.99. The minimum absolute atomic E-state index is 0.0621. The van der Waals surface area contributed by atoms with E-state index in [0.717, 1.165) is 20.8 Å². The van der Waals surface area contributed by atoms with Gasteiger partial charge in [0.15, 0.2) is 5.96 Å². The molecule has 0 aromatic heterocycles. The number of rotatable bonds is 42. The summed E-state index contributed by atoms with van der Waals surface area (Å²) in [6, 6.07) is -8.35. The maximum atomic E-state index is 14.0. The lowest BCUT2D eigenvalue weighted by atomic mass is 10.0. The molecule has 0 unspecified atom stereocenters. The molecule has 36 heteroatoms. The monoisotopic (exact) mass is 1290 g/mol. The predicted octanol–water partition coefficient (Wildman–Crippen LogP) is -9.44. The van der Waals surface area contributed by atoms with E-state index in [1.165, 1.54) is 0 Å². The summed E-state index contributed by atoms with van der Waals surface area (Å²) < 4.78 is 0. The molecule has 0 fully saturated rings. The lowest BCUT2D eigenvalue weighted by Gasteiger charge is -2.28. The van der Waals surface area contributed by atoms with E-state index in [9.17, 15) is 97.8 Å². The normalized spacial score (nSPS) is 15.0. The van der Waals surface area contributed by atoms with E-state index in [1.54, 1.807) is 58.0 Å². The number of amides is 13. The predicted molar refractivity (Wildman–Crippen MR) is 321 cm³/mol. The summed E-state index contributed by atoms with van der Waals surface area (Å²) in [6.07, 6.45) is -4.40. The van der Waals surface area contributed by atoms with Gasteiger partial charge in [-0.3, -0.25) is 72.1 Å². The zero-order valence-electron chi connectivity index (χ0n) is 51.7. The Morgan fingerprint density at radius 2 is 0.912 bits per heavy atom. The number of nitrogens with one attached hydrogen (secondary N) is 12. The van der Waals surface area contributed by atoms with Crippen LogP contribution in [0.5, 0.6) is 0 Å². The van der Waals surface area contributed by atoms with Gasteiger partial charge < -0.3 is 112 Å². The summed E-state index contributed by atoms with van der Waals surface area (Å²) in [6.45, 7) is 5.51. The van der Waals surface area contributed by atoms with E-state index in [0.29, 0.717) is 18.4 Å². The highest BCUT2D eigenvalue weighted by Gasteiger charge is 2.37. The van der Waals surface area contributed by atoms with Gasteiger partial charge in [-0.2, -0.15) is 0 Å². The third-order valence-electron chi connectivity index (χ3n) is 13.1. The summed E-state index contributed by atoms with van der Waals surface area (Å²) in [5.74, 6) is -15.9. The molecule has 0 heterocycles. The van der Waals surface area contributed by atoms with Crippen LogP contribution in [0.3, 0.4) is 0 Å². The molecule has 0 saturated heterocycles. The first-order chi connectivity index (χ1) is 42.6. The molecule has 13 amide bonds. The largest absolute Gasteiger partial charge is 0.481 e. The molecule has 24 N–H and O–H groups in total. The molecule has 0 aliphatic rings. The van der Waals surface area contributed by atoms with Crippen LogP contribution in [-0.4, -0.2) is 231 Å². The van der Waals surface area contributed by atoms with Crippen molar-refractivity contribution in [2.24, 2.45) is 34.0 Å². The van der Waals surface area contributed by atoms with E-state index >= 15 is 0 Å². The number of aliphatic hydroxyl groups is 5. The smallest absolute Gasteiger partial charge is 0.303 e. The lowest BCUT2D eigenvalue weighted by molar-refractivity contribution is -0.139. The Morgan fingerprint density at radius 3 is 1.41 bits per heavy atom. The van der Waals surface area contributed by atoms with Crippen LogP contribution in [0, 0.1) is 11.8 Å². The van der Waals surface area contributed by atoms with Crippen LogP contribution in [0.2, 0.25) is 0 Å². The fraction of sp³-hybridized carbons (Fsp3) is 0.618. The van der Waals surface area contributed by atoms with Crippen LogP contribution in [0.15, 0.2) is 35.3 Å². The quantitative estimate of drug-likeness (QED) is 0.0164. The van der Waals surface area contributed by atoms with Crippen molar-refractivity contribution in [1.29, 1.82) is 0 Å². The van der Waals surface area contributed by atoms with E-state index in [1.807, 2.05) is 0 Å². The standard InChI is InChI=1S/C55H90N16O20/c1-26(2)19-33(66-54(91)44(30(7)76)71-48(85)34(20-31-13-9-8-10-14-31)65-49(86)35(23-72)63-39(78)15-11-12-18-59-55(57)58)47(84)62-28(5)45(82)67-36(24-73)51(88)68-37(25-74)50(87)64-32(16-17-41(80)81)46(83)70-43(29(6)75)53(90)61-22-40(79)69-42(27(3)4)52(89)60-21-38(56)77/h8-10,13-14,26-30,32-37,42-44,72-76H,11-12,15-25H2,1-7H3,(H2,56,77)(H,60,89)(H,61,90)(H,62,84)(H,63,78)(H,64,87)(H,65,86)(H,66,91)(H,67,82)(H,68,88)(H,69,79)(H,70,83)(H,71,85)(H,80,81)(H4,57,58,59)/t28-,29+,30+,32-,33-,34-,35-,36-,37-,42-,43-,44-/m0/s1. The molecular weight excluding hydrogens is 1200 g/mol. The van der Waals surface area contributed by atoms with E-state index in [-0.39, 0.29) is 37.7 Å². The summed E-state index contributed by atoms with van der Waals surface area (Å²) >= 11 is 0. The molecular formula is C55H90N16O20. The summed E-state index contributed by atoms with van der Waals surface area (Å²) in [7, 11) is 0. The fourth-order valence-corrected chi connectivity index (χ4v) is 8.15. The molecule has 0 spiro atoms. The number of hydrogen-bond donors (Lipinski definition) is 21. The molecule has 0 saturated carbocycles. The van der Waals surface area contributed by atoms with Gasteiger partial charge in [0, 0.05) is 25.8 Å². The number of aliphatic hydroxyl groups excluding tert-OH is 5. The van der Waals surface area contributed by atoms with E-state index in [4.69, 9.17) is 17.2 Å². The second-order valence-corrected chi connectivity index (χ2v) is 21.9. The number of carbonyl (C=O) groups is 14. The highest BCUT2D eigenvalue weighted by atomic mass is 16.4. The Balaban J connectivity index is 3.19. The molecule has 1 rings (SSSR count). The summed E-state index contributed by atoms with van der Waals surface area (Å²) in [5.41, 5.74) is 16.2. The Morgan fingerprint density at radius 1 is 0.462 bits per heavy atom. The molecule has 0 aliphatic carbocycles. The zero-order valence-corrected chi connectivity index (χ0v) is 51.7. The number of primary amides is 1. The number of carboxylic acids is 1. The molecule has 0 radical (unpaired) electrons. The average molecular weight is 1300 g/mol. The van der Waals surface area contributed by atoms with Crippen molar-refractivity contribution in [3.63, 3.8) is 0 Å². The number of carboxylic acid groups (broad SMARTS) is 1. The molecule has 91 heavy (non-hydrogen) atoms. The molecule has 0 aliphatic heterocycles. The van der Waals surface area contributed by atoms with Crippen molar-refractivity contribution >= 4 is 88.7 Å². The second kappa shape index (κ2) is 41.2. The number of aliphatic carboxylic acids is 1. The third-order valence-corrected chi connectivity index (χ3v) is 13.1. The number of nitrogens with two attached hydrogens (primary N) is 3. The maximum Gasteiger partial charge on any atom is 0.303 e. The first kappa shape index (κ1) is 79.9. The second-order valence-electron chi connectivity index (χ2n) is 21.9. The van der Waals surface area contributed by atoms with Gasteiger partial charge in [0.1, 0.15) is 60.4 Å². The number of aliphatic imine (C=N–C) groups is 1. The molecule has 36 nitrogen and oxygen atoms in total. The Labute approximate surface area is 524 Å². The fourth-order valence-electron chi connectivity index (χ4n) is 8.15. The van der Waals surface area contributed by atoms with Gasteiger partial charge in [-0.1, -0.05) is 58.0 Å².